The minimum absolute atomic E-state index is 0.0315. The first-order valence-electron chi connectivity index (χ1n) is 18.3. The lowest BCUT2D eigenvalue weighted by molar-refractivity contribution is -0.254. The molecule has 0 spiro atoms. The van der Waals surface area contributed by atoms with Crippen molar-refractivity contribution in [2.75, 3.05) is 19.8 Å². The molecule has 264 valence electrons. The van der Waals surface area contributed by atoms with Gasteiger partial charge in [-0.25, -0.2) is 9.67 Å². The van der Waals surface area contributed by atoms with Gasteiger partial charge in [-0.2, -0.15) is 0 Å². The summed E-state index contributed by atoms with van der Waals surface area (Å²) in [6.45, 7) is 24.4. The zero-order chi connectivity index (χ0) is 34.5. The van der Waals surface area contributed by atoms with E-state index in [9.17, 15) is 9.90 Å². The van der Waals surface area contributed by atoms with Crippen LogP contribution in [0, 0.1) is 62.6 Å². The number of aromatic nitrogens is 3. The largest absolute Gasteiger partial charge is 0.481 e. The fraction of sp³-hybridized carbons (Fsp3) is 0.868. The SMILES string of the molecule is CC(C)[C@@H](C)[C@@]1(C)CC[C@]2(C)[C@H]3CC[C@@H]4[C@@]5(C)COC[C@@]4(C3=CC[C@@]2(C)[C@@H]1C(=O)O)[C@@H](OC[C@](C)(N)C(C)C)[C@H](n1cnc(Br)n1)C5. The normalized spacial score (nSPS) is 45.0. The monoisotopic (exact) mass is 716 g/mol. The van der Waals surface area contributed by atoms with Gasteiger partial charge < -0.3 is 20.3 Å². The quantitative estimate of drug-likeness (QED) is 0.263. The lowest BCUT2D eigenvalue weighted by Gasteiger charge is -2.71. The molecule has 47 heavy (non-hydrogen) atoms. The van der Waals surface area contributed by atoms with Crippen molar-refractivity contribution in [2.45, 2.75) is 125 Å². The summed E-state index contributed by atoms with van der Waals surface area (Å²) in [5.41, 5.74) is 6.62. The molecule has 8 nitrogen and oxygen atoms in total. The molecule has 5 aliphatic rings. The van der Waals surface area contributed by atoms with Crippen molar-refractivity contribution in [3.8, 4) is 0 Å². The van der Waals surface area contributed by atoms with Gasteiger partial charge in [-0.15, -0.1) is 5.10 Å². The molecule has 3 N–H and O–H groups in total. The van der Waals surface area contributed by atoms with E-state index in [0.717, 1.165) is 45.1 Å². The van der Waals surface area contributed by atoms with Gasteiger partial charge in [-0.1, -0.05) is 74.0 Å². The third kappa shape index (κ3) is 5.00. The maximum atomic E-state index is 13.5. The number of ether oxygens (including phenoxy) is 2. The number of nitrogens with two attached hydrogens (primary N) is 1. The first kappa shape index (κ1) is 35.5. The van der Waals surface area contributed by atoms with Gasteiger partial charge >= 0.3 is 5.97 Å². The molecule has 2 heterocycles. The van der Waals surface area contributed by atoms with E-state index in [4.69, 9.17) is 20.3 Å². The van der Waals surface area contributed by atoms with E-state index in [1.165, 1.54) is 5.57 Å². The summed E-state index contributed by atoms with van der Waals surface area (Å²) in [4.78, 5) is 18.0. The van der Waals surface area contributed by atoms with Gasteiger partial charge in [0.2, 0.25) is 4.73 Å². The minimum atomic E-state index is -0.627. The Balaban J connectivity index is 1.51. The zero-order valence-electron chi connectivity index (χ0n) is 30.6. The molecule has 0 radical (unpaired) electrons. The maximum Gasteiger partial charge on any atom is 0.307 e. The number of hydrogen-bond donors (Lipinski definition) is 2. The van der Waals surface area contributed by atoms with Crippen LogP contribution in [0.1, 0.15) is 114 Å². The van der Waals surface area contributed by atoms with Gasteiger partial charge in [0.25, 0.3) is 0 Å². The number of halogens is 1. The molecular weight excluding hydrogens is 656 g/mol. The highest BCUT2D eigenvalue weighted by Crippen LogP contribution is 2.75. The number of allylic oxidation sites excluding steroid dienone is 1. The average molecular weight is 718 g/mol. The van der Waals surface area contributed by atoms with Crippen LogP contribution in [-0.4, -0.2) is 57.3 Å². The molecule has 3 saturated carbocycles. The van der Waals surface area contributed by atoms with Gasteiger partial charge in [0.1, 0.15) is 6.33 Å². The molecule has 0 aromatic carbocycles. The Labute approximate surface area is 291 Å². The minimum Gasteiger partial charge on any atom is -0.481 e. The van der Waals surface area contributed by atoms with E-state index in [0.29, 0.717) is 35.7 Å². The van der Waals surface area contributed by atoms with Crippen LogP contribution in [-0.2, 0) is 14.3 Å². The number of carboxylic acid groups (broad SMARTS) is 1. The van der Waals surface area contributed by atoms with Crippen LogP contribution in [0.4, 0.5) is 0 Å². The summed E-state index contributed by atoms with van der Waals surface area (Å²) in [5.74, 6) is 0.571. The number of aliphatic carboxylic acids is 1. The third-order valence-corrected chi connectivity index (χ3v) is 16.1. The Morgan fingerprint density at radius 3 is 2.45 bits per heavy atom. The topological polar surface area (TPSA) is 112 Å². The van der Waals surface area contributed by atoms with Crippen molar-refractivity contribution >= 4 is 21.9 Å². The van der Waals surface area contributed by atoms with Crippen LogP contribution in [0.2, 0.25) is 0 Å². The summed E-state index contributed by atoms with van der Waals surface area (Å²) in [6, 6.07) is -0.0315. The van der Waals surface area contributed by atoms with Crippen LogP contribution >= 0.6 is 15.9 Å². The van der Waals surface area contributed by atoms with Crippen molar-refractivity contribution in [1.29, 1.82) is 0 Å². The van der Waals surface area contributed by atoms with Gasteiger partial charge in [0, 0.05) is 11.0 Å². The van der Waals surface area contributed by atoms with Crippen LogP contribution in [0.3, 0.4) is 0 Å². The van der Waals surface area contributed by atoms with Crippen molar-refractivity contribution in [1.82, 2.24) is 14.8 Å². The molecule has 0 unspecified atom stereocenters. The number of carboxylic acids is 1. The maximum absolute atomic E-state index is 13.5. The second-order valence-electron chi connectivity index (χ2n) is 18.5. The highest BCUT2D eigenvalue weighted by molar-refractivity contribution is 9.10. The van der Waals surface area contributed by atoms with Crippen molar-refractivity contribution < 1.29 is 19.4 Å². The molecule has 1 aliphatic heterocycles. The Kier molecular flexibility index (Phi) is 8.79. The number of fused-ring (bicyclic) bond motifs is 3. The van der Waals surface area contributed by atoms with Gasteiger partial charge in [0.15, 0.2) is 0 Å². The van der Waals surface area contributed by atoms with E-state index in [2.05, 4.69) is 96.2 Å². The highest BCUT2D eigenvalue weighted by Gasteiger charge is 2.72. The summed E-state index contributed by atoms with van der Waals surface area (Å²) >= 11 is 3.51. The number of hydrogen-bond acceptors (Lipinski definition) is 6. The number of nitrogens with zero attached hydrogens (tertiary/aromatic N) is 3. The third-order valence-electron chi connectivity index (χ3n) is 15.7. The van der Waals surface area contributed by atoms with E-state index in [-0.39, 0.29) is 51.1 Å². The highest BCUT2D eigenvalue weighted by atomic mass is 79.9. The second-order valence-corrected chi connectivity index (χ2v) is 19.2. The fourth-order valence-corrected chi connectivity index (χ4v) is 12.2. The van der Waals surface area contributed by atoms with E-state index < -0.39 is 17.4 Å². The lowest BCUT2D eigenvalue weighted by Crippen LogP contribution is -2.70. The molecule has 1 aromatic rings. The Morgan fingerprint density at radius 1 is 1.15 bits per heavy atom. The van der Waals surface area contributed by atoms with Crippen LogP contribution in [0.25, 0.3) is 0 Å². The smallest absolute Gasteiger partial charge is 0.307 e. The molecule has 4 aliphatic carbocycles. The zero-order valence-corrected chi connectivity index (χ0v) is 32.2. The van der Waals surface area contributed by atoms with E-state index in [1.54, 1.807) is 0 Å². The first-order chi connectivity index (χ1) is 21.8. The van der Waals surface area contributed by atoms with Crippen molar-refractivity contribution in [3.05, 3.63) is 22.7 Å². The fourth-order valence-electron chi connectivity index (χ4n) is 12.0. The predicted molar refractivity (Wildman–Crippen MR) is 188 cm³/mol. The van der Waals surface area contributed by atoms with Crippen LogP contribution in [0.15, 0.2) is 22.7 Å². The van der Waals surface area contributed by atoms with Gasteiger partial charge in [-0.3, -0.25) is 4.79 Å². The van der Waals surface area contributed by atoms with Gasteiger partial charge in [-0.05, 0) is 113 Å². The summed E-state index contributed by atoms with van der Waals surface area (Å²) < 4.78 is 16.5. The van der Waals surface area contributed by atoms with E-state index >= 15 is 0 Å². The average Bonchev–Trinajstić information content (AvgIpc) is 3.42. The standard InChI is InChI=1S/C38H61BrN4O4/c1-22(2)24(5)34(7)15-16-35(8)25-11-12-28-33(6)17-27(43-21-41-32(39)42-43)30(47-19-37(10,40)23(3)4)38(28,20-46-18-33)26(25)13-14-36(35,9)29(34)31(44)45/h13,21-25,27-30H,11-12,14-20,40H2,1-10H3,(H,44,45)/t24-,25+,27-,28-,29-,30+,33-,34-,35-,36+,37+,38+/m1/s1. The summed E-state index contributed by atoms with van der Waals surface area (Å²) in [5, 5.41) is 15.9. The lowest BCUT2D eigenvalue weighted by atomic mass is 9.34. The summed E-state index contributed by atoms with van der Waals surface area (Å²) in [6.07, 6.45) is 9.90. The van der Waals surface area contributed by atoms with Gasteiger partial charge in [0.05, 0.1) is 37.9 Å². The molecule has 6 rings (SSSR count). The molecule has 1 saturated heterocycles. The summed E-state index contributed by atoms with van der Waals surface area (Å²) in [7, 11) is 0. The number of carbonyl (C=O) groups is 1. The Hall–Kier alpha value is -1.29. The van der Waals surface area contributed by atoms with E-state index in [1.807, 2.05) is 11.0 Å². The Bertz CT molecular complexity index is 1410. The van der Waals surface area contributed by atoms with Crippen molar-refractivity contribution in [3.63, 3.8) is 0 Å². The molecular formula is C38H61BrN4O4. The molecule has 12 atom stereocenters. The molecule has 0 amide bonds. The molecule has 4 fully saturated rings. The Morgan fingerprint density at radius 2 is 1.85 bits per heavy atom. The van der Waals surface area contributed by atoms with Crippen molar-refractivity contribution in [2.24, 2.45) is 68.3 Å². The first-order valence-corrected chi connectivity index (χ1v) is 19.1. The molecule has 1 aromatic heterocycles. The van der Waals surface area contributed by atoms with Crippen LogP contribution < -0.4 is 5.73 Å². The van der Waals surface area contributed by atoms with Crippen LogP contribution in [0.5, 0.6) is 0 Å². The second kappa shape index (κ2) is 11.6. The molecule has 9 heteroatoms. The number of rotatable bonds is 8. The molecule has 2 bridgehead atoms. The predicted octanol–water partition coefficient (Wildman–Crippen LogP) is 7.93.